The van der Waals surface area contributed by atoms with Gasteiger partial charge in [0.05, 0.1) is 22.3 Å². The molecule has 0 aliphatic rings. The van der Waals surface area contributed by atoms with Crippen molar-refractivity contribution in [3.8, 4) is 0 Å². The number of carbonyl (C=O) groups is 1. The largest absolute Gasteiger partial charge is 0.383 e. The number of carbonyl (C=O) groups excluding carboxylic acids is 1. The standard InChI is InChI=1S/C11H17BrN2O2/c1-5-7-10(12)8(14(4)13-7)6-9(15)11(2,3)16/h16H,5-6H2,1-4H3. The molecule has 0 saturated carbocycles. The Bertz CT molecular complexity index is 405. The Morgan fingerprint density at radius 1 is 1.56 bits per heavy atom. The predicted octanol–water partition coefficient (Wildman–Crippen LogP) is 1.63. The summed E-state index contributed by atoms with van der Waals surface area (Å²) in [6, 6.07) is 0. The van der Waals surface area contributed by atoms with E-state index in [0.29, 0.717) is 0 Å². The third-order valence-electron chi connectivity index (χ3n) is 2.51. The minimum absolute atomic E-state index is 0.188. The van der Waals surface area contributed by atoms with Crippen LogP contribution in [0.3, 0.4) is 0 Å². The first kappa shape index (κ1) is 13.4. The van der Waals surface area contributed by atoms with Gasteiger partial charge in [-0.1, -0.05) is 6.92 Å². The van der Waals surface area contributed by atoms with E-state index in [1.54, 1.807) is 11.7 Å². The van der Waals surface area contributed by atoms with Gasteiger partial charge in [-0.05, 0) is 36.2 Å². The number of halogens is 1. The van der Waals surface area contributed by atoms with E-state index in [2.05, 4.69) is 21.0 Å². The summed E-state index contributed by atoms with van der Waals surface area (Å²) < 4.78 is 2.56. The number of ketones is 1. The van der Waals surface area contributed by atoms with E-state index in [9.17, 15) is 9.90 Å². The minimum Gasteiger partial charge on any atom is -0.383 e. The van der Waals surface area contributed by atoms with Crippen LogP contribution in [0.5, 0.6) is 0 Å². The summed E-state index contributed by atoms with van der Waals surface area (Å²) in [5, 5.41) is 13.9. The lowest BCUT2D eigenvalue weighted by Crippen LogP contribution is -2.33. The molecule has 0 saturated heterocycles. The Kier molecular flexibility index (Phi) is 3.91. The normalized spacial score (nSPS) is 11.9. The molecule has 0 atom stereocenters. The van der Waals surface area contributed by atoms with Crippen LogP contribution in [0.25, 0.3) is 0 Å². The van der Waals surface area contributed by atoms with Crippen LogP contribution in [0.2, 0.25) is 0 Å². The zero-order chi connectivity index (χ0) is 12.5. The second kappa shape index (κ2) is 4.67. The molecule has 0 amide bonds. The van der Waals surface area contributed by atoms with E-state index in [0.717, 1.165) is 22.3 Å². The maximum Gasteiger partial charge on any atom is 0.169 e. The van der Waals surface area contributed by atoms with E-state index in [4.69, 9.17) is 0 Å². The molecule has 0 aromatic carbocycles. The highest BCUT2D eigenvalue weighted by molar-refractivity contribution is 9.10. The first-order chi connectivity index (χ1) is 7.27. The zero-order valence-electron chi connectivity index (χ0n) is 10.0. The van der Waals surface area contributed by atoms with E-state index >= 15 is 0 Å². The molecule has 1 aromatic heterocycles. The number of nitrogens with zero attached hydrogens (tertiary/aromatic N) is 2. The number of aryl methyl sites for hydroxylation is 2. The summed E-state index contributed by atoms with van der Waals surface area (Å²) in [6.45, 7) is 5.01. The van der Waals surface area contributed by atoms with Crippen molar-refractivity contribution in [3.63, 3.8) is 0 Å². The summed E-state index contributed by atoms with van der Waals surface area (Å²) in [7, 11) is 1.80. The summed E-state index contributed by atoms with van der Waals surface area (Å²) in [4.78, 5) is 11.7. The zero-order valence-corrected chi connectivity index (χ0v) is 11.6. The van der Waals surface area contributed by atoms with Gasteiger partial charge in [-0.15, -0.1) is 0 Å². The molecule has 1 heterocycles. The van der Waals surface area contributed by atoms with Crippen molar-refractivity contribution in [3.05, 3.63) is 15.9 Å². The predicted molar refractivity (Wildman–Crippen MR) is 65.3 cm³/mol. The van der Waals surface area contributed by atoms with Crippen molar-refractivity contribution in [1.82, 2.24) is 9.78 Å². The summed E-state index contributed by atoms with van der Waals surface area (Å²) in [6.07, 6.45) is 0.999. The fraction of sp³-hybridized carbons (Fsp3) is 0.636. The molecule has 0 unspecified atom stereocenters. The number of Topliss-reactive ketones (excluding diaryl/α,β-unsaturated/α-hetero) is 1. The number of aromatic nitrogens is 2. The molecule has 1 rings (SSSR count). The molecule has 1 N–H and O–H groups in total. The van der Waals surface area contributed by atoms with Gasteiger partial charge in [0.15, 0.2) is 5.78 Å². The fourth-order valence-corrected chi connectivity index (χ4v) is 2.14. The van der Waals surface area contributed by atoms with E-state index in [-0.39, 0.29) is 12.2 Å². The Hall–Kier alpha value is -0.680. The topological polar surface area (TPSA) is 55.1 Å². The molecule has 4 nitrogen and oxygen atoms in total. The number of rotatable bonds is 4. The molecule has 0 fully saturated rings. The average Bonchev–Trinajstić information content (AvgIpc) is 2.43. The Labute approximate surface area is 104 Å². The highest BCUT2D eigenvalue weighted by Crippen LogP contribution is 2.23. The highest BCUT2D eigenvalue weighted by Gasteiger charge is 2.26. The van der Waals surface area contributed by atoms with Crippen LogP contribution in [0.15, 0.2) is 4.47 Å². The van der Waals surface area contributed by atoms with Crippen molar-refractivity contribution in [1.29, 1.82) is 0 Å². The van der Waals surface area contributed by atoms with Gasteiger partial charge >= 0.3 is 0 Å². The highest BCUT2D eigenvalue weighted by atomic mass is 79.9. The van der Waals surface area contributed by atoms with Crippen molar-refractivity contribution in [2.45, 2.75) is 39.2 Å². The van der Waals surface area contributed by atoms with E-state index in [1.165, 1.54) is 13.8 Å². The molecule has 1 aromatic rings. The van der Waals surface area contributed by atoms with Crippen LogP contribution < -0.4 is 0 Å². The molecular weight excluding hydrogens is 272 g/mol. The van der Waals surface area contributed by atoms with Crippen molar-refractivity contribution >= 4 is 21.7 Å². The van der Waals surface area contributed by atoms with Crippen molar-refractivity contribution in [2.24, 2.45) is 7.05 Å². The monoisotopic (exact) mass is 288 g/mol. The molecule has 5 heteroatoms. The van der Waals surface area contributed by atoms with Gasteiger partial charge in [0.2, 0.25) is 0 Å². The molecule has 0 radical (unpaired) electrons. The first-order valence-corrected chi connectivity index (χ1v) is 6.02. The third-order valence-corrected chi connectivity index (χ3v) is 3.43. The SMILES string of the molecule is CCc1nn(C)c(CC(=O)C(C)(C)O)c1Br. The minimum atomic E-state index is -1.30. The number of aliphatic hydroxyl groups is 1. The van der Waals surface area contributed by atoms with Crippen LogP contribution in [0, 0.1) is 0 Å². The lowest BCUT2D eigenvalue weighted by molar-refractivity contribution is -0.133. The molecule has 0 bridgehead atoms. The fourth-order valence-electron chi connectivity index (χ4n) is 1.38. The van der Waals surface area contributed by atoms with Gasteiger partial charge < -0.3 is 5.11 Å². The smallest absolute Gasteiger partial charge is 0.169 e. The van der Waals surface area contributed by atoms with Crippen LogP contribution in [0.4, 0.5) is 0 Å². The average molecular weight is 289 g/mol. The van der Waals surface area contributed by atoms with Gasteiger partial charge in [-0.25, -0.2) is 0 Å². The van der Waals surface area contributed by atoms with E-state index < -0.39 is 5.60 Å². The molecular formula is C11H17BrN2O2. The Balaban J connectivity index is 2.98. The lowest BCUT2D eigenvalue weighted by atomic mass is 9.99. The van der Waals surface area contributed by atoms with Crippen LogP contribution in [-0.4, -0.2) is 26.3 Å². The number of hydrogen-bond acceptors (Lipinski definition) is 3. The second-order valence-corrected chi connectivity index (χ2v) is 5.14. The summed E-state index contributed by atoms with van der Waals surface area (Å²) in [5.74, 6) is -0.209. The first-order valence-electron chi connectivity index (χ1n) is 5.23. The van der Waals surface area contributed by atoms with Gasteiger partial charge in [-0.2, -0.15) is 5.10 Å². The molecule has 0 aliphatic carbocycles. The van der Waals surface area contributed by atoms with Crippen LogP contribution in [0.1, 0.15) is 32.2 Å². The second-order valence-electron chi connectivity index (χ2n) is 4.34. The maximum atomic E-state index is 11.7. The van der Waals surface area contributed by atoms with Crippen molar-refractivity contribution < 1.29 is 9.90 Å². The number of hydrogen-bond donors (Lipinski definition) is 1. The summed E-state index contributed by atoms with van der Waals surface area (Å²) in [5.41, 5.74) is 0.445. The van der Waals surface area contributed by atoms with Crippen molar-refractivity contribution in [2.75, 3.05) is 0 Å². The molecule has 90 valence electrons. The quantitative estimate of drug-likeness (QED) is 0.916. The van der Waals surface area contributed by atoms with Gasteiger partial charge in [-0.3, -0.25) is 9.48 Å². The molecule has 16 heavy (non-hydrogen) atoms. The maximum absolute atomic E-state index is 11.7. The summed E-state index contributed by atoms with van der Waals surface area (Å²) >= 11 is 3.44. The lowest BCUT2D eigenvalue weighted by Gasteiger charge is -2.15. The van der Waals surface area contributed by atoms with Gasteiger partial charge in [0.1, 0.15) is 5.60 Å². The van der Waals surface area contributed by atoms with Gasteiger partial charge in [0, 0.05) is 7.05 Å². The van der Waals surface area contributed by atoms with Crippen LogP contribution in [-0.2, 0) is 24.7 Å². The Morgan fingerprint density at radius 3 is 2.50 bits per heavy atom. The molecule has 0 spiro atoms. The third kappa shape index (κ3) is 2.71. The van der Waals surface area contributed by atoms with E-state index in [1.807, 2.05) is 6.92 Å². The van der Waals surface area contributed by atoms with Crippen LogP contribution >= 0.6 is 15.9 Å². The Morgan fingerprint density at radius 2 is 2.12 bits per heavy atom. The molecule has 0 aliphatic heterocycles. The van der Waals surface area contributed by atoms with Gasteiger partial charge in [0.25, 0.3) is 0 Å².